The molecule has 1 fully saturated rings. The van der Waals surface area contributed by atoms with E-state index in [9.17, 15) is 0 Å². The molecule has 0 aromatic carbocycles. The first-order valence-corrected chi connectivity index (χ1v) is 6.73. The van der Waals surface area contributed by atoms with E-state index in [4.69, 9.17) is 0 Å². The van der Waals surface area contributed by atoms with Crippen LogP contribution in [0, 0.1) is 0 Å². The lowest BCUT2D eigenvalue weighted by Crippen LogP contribution is -2.42. The summed E-state index contributed by atoms with van der Waals surface area (Å²) in [6.07, 6.45) is 7.60. The topological polar surface area (TPSA) is 28.2 Å². The van der Waals surface area contributed by atoms with Gasteiger partial charge in [0.1, 0.15) is 0 Å². The number of piperidine rings is 1. The predicted octanol–water partition coefficient (Wildman–Crippen LogP) is 2.05. The van der Waals surface area contributed by atoms with Crippen LogP contribution in [0.4, 0.5) is 0 Å². The molecule has 0 spiro atoms. The number of rotatable bonds is 5. The highest BCUT2D eigenvalue weighted by atomic mass is 15.1. The van der Waals surface area contributed by atoms with Gasteiger partial charge in [-0.2, -0.15) is 0 Å². The van der Waals surface area contributed by atoms with Crippen LogP contribution in [-0.4, -0.2) is 35.6 Å². The molecule has 3 heteroatoms. The average molecular weight is 233 g/mol. The van der Waals surface area contributed by atoms with Gasteiger partial charge in [-0.05, 0) is 50.5 Å². The van der Waals surface area contributed by atoms with Gasteiger partial charge >= 0.3 is 0 Å². The number of nitrogens with one attached hydrogen (secondary N) is 1. The molecule has 0 amide bonds. The maximum absolute atomic E-state index is 4.17. The SMILES string of the molecule is CCCNC1CCN(Cc2cccnc2)CC1. The summed E-state index contributed by atoms with van der Waals surface area (Å²) < 4.78 is 0. The predicted molar refractivity (Wildman–Crippen MR) is 70.8 cm³/mol. The Kier molecular flexibility index (Phi) is 4.95. The Morgan fingerprint density at radius 1 is 1.41 bits per heavy atom. The lowest BCUT2D eigenvalue weighted by molar-refractivity contribution is 0.191. The summed E-state index contributed by atoms with van der Waals surface area (Å²) in [5.41, 5.74) is 1.33. The minimum atomic E-state index is 0.736. The Bertz CT molecular complexity index is 305. The number of aromatic nitrogens is 1. The average Bonchev–Trinajstić information content (AvgIpc) is 2.39. The summed E-state index contributed by atoms with van der Waals surface area (Å²) in [4.78, 5) is 6.70. The molecular weight excluding hydrogens is 210 g/mol. The van der Waals surface area contributed by atoms with Gasteiger partial charge in [0.05, 0.1) is 0 Å². The molecule has 1 aromatic heterocycles. The molecule has 3 nitrogen and oxygen atoms in total. The molecule has 0 bridgehead atoms. The van der Waals surface area contributed by atoms with Crippen LogP contribution in [0.15, 0.2) is 24.5 Å². The maximum Gasteiger partial charge on any atom is 0.0312 e. The van der Waals surface area contributed by atoms with Crippen LogP contribution in [0.1, 0.15) is 31.7 Å². The molecule has 1 aliphatic rings. The monoisotopic (exact) mass is 233 g/mol. The van der Waals surface area contributed by atoms with E-state index in [1.807, 2.05) is 18.5 Å². The van der Waals surface area contributed by atoms with Crippen LogP contribution in [0.5, 0.6) is 0 Å². The van der Waals surface area contributed by atoms with Gasteiger partial charge < -0.3 is 5.32 Å². The van der Waals surface area contributed by atoms with Crippen molar-refractivity contribution in [2.24, 2.45) is 0 Å². The van der Waals surface area contributed by atoms with Crippen molar-refractivity contribution < 1.29 is 0 Å². The number of pyridine rings is 1. The zero-order chi connectivity index (χ0) is 11.9. The van der Waals surface area contributed by atoms with Gasteiger partial charge in [-0.15, -0.1) is 0 Å². The number of nitrogens with zero attached hydrogens (tertiary/aromatic N) is 2. The highest BCUT2D eigenvalue weighted by Gasteiger charge is 2.18. The lowest BCUT2D eigenvalue weighted by Gasteiger charge is -2.32. The third kappa shape index (κ3) is 4.10. The second kappa shape index (κ2) is 6.72. The minimum absolute atomic E-state index is 0.736. The van der Waals surface area contributed by atoms with Crippen molar-refractivity contribution in [2.75, 3.05) is 19.6 Å². The maximum atomic E-state index is 4.17. The van der Waals surface area contributed by atoms with Gasteiger partial charge in [-0.3, -0.25) is 9.88 Å². The number of hydrogen-bond donors (Lipinski definition) is 1. The van der Waals surface area contributed by atoms with Crippen LogP contribution in [0.25, 0.3) is 0 Å². The quantitative estimate of drug-likeness (QED) is 0.843. The van der Waals surface area contributed by atoms with E-state index in [0.717, 1.165) is 19.1 Å². The van der Waals surface area contributed by atoms with Crippen LogP contribution < -0.4 is 5.32 Å². The fourth-order valence-corrected chi connectivity index (χ4v) is 2.39. The van der Waals surface area contributed by atoms with E-state index in [1.165, 1.54) is 37.9 Å². The Morgan fingerprint density at radius 3 is 2.88 bits per heavy atom. The van der Waals surface area contributed by atoms with Gasteiger partial charge in [0.2, 0.25) is 0 Å². The van der Waals surface area contributed by atoms with E-state index in [0.29, 0.717) is 0 Å². The first-order chi connectivity index (χ1) is 8.38. The third-order valence-electron chi connectivity index (χ3n) is 3.40. The van der Waals surface area contributed by atoms with Gasteiger partial charge in [0.15, 0.2) is 0 Å². The van der Waals surface area contributed by atoms with Crippen LogP contribution >= 0.6 is 0 Å². The first-order valence-electron chi connectivity index (χ1n) is 6.73. The second-order valence-corrected chi connectivity index (χ2v) is 4.87. The van der Waals surface area contributed by atoms with Gasteiger partial charge in [-0.25, -0.2) is 0 Å². The molecule has 0 radical (unpaired) electrons. The summed E-state index contributed by atoms with van der Waals surface area (Å²) in [7, 11) is 0. The van der Waals surface area contributed by atoms with Crippen molar-refractivity contribution in [1.82, 2.24) is 15.2 Å². The molecule has 0 saturated carbocycles. The molecule has 17 heavy (non-hydrogen) atoms. The highest BCUT2D eigenvalue weighted by molar-refractivity contribution is 5.08. The van der Waals surface area contributed by atoms with Gasteiger partial charge in [0.25, 0.3) is 0 Å². The van der Waals surface area contributed by atoms with Crippen molar-refractivity contribution in [3.63, 3.8) is 0 Å². The Balaban J connectivity index is 1.72. The van der Waals surface area contributed by atoms with E-state index in [1.54, 1.807) is 0 Å². The zero-order valence-corrected chi connectivity index (χ0v) is 10.7. The zero-order valence-electron chi connectivity index (χ0n) is 10.7. The Morgan fingerprint density at radius 2 is 2.24 bits per heavy atom. The second-order valence-electron chi connectivity index (χ2n) is 4.87. The third-order valence-corrected chi connectivity index (χ3v) is 3.40. The summed E-state index contributed by atoms with van der Waals surface area (Å²) in [6, 6.07) is 4.92. The van der Waals surface area contributed by atoms with Crippen molar-refractivity contribution >= 4 is 0 Å². The lowest BCUT2D eigenvalue weighted by atomic mass is 10.0. The summed E-state index contributed by atoms with van der Waals surface area (Å²) in [5, 5.41) is 3.62. The molecule has 2 rings (SSSR count). The standard InChI is InChI=1S/C14H23N3/c1-2-7-16-14-5-9-17(10-6-14)12-13-4-3-8-15-11-13/h3-4,8,11,14,16H,2,5-7,9-10,12H2,1H3. The molecule has 0 aliphatic carbocycles. The van der Waals surface area contributed by atoms with E-state index in [2.05, 4.69) is 28.2 Å². The van der Waals surface area contributed by atoms with Crippen LogP contribution in [-0.2, 0) is 6.54 Å². The summed E-state index contributed by atoms with van der Waals surface area (Å²) >= 11 is 0. The molecule has 1 aliphatic heterocycles. The Labute approximate surface area is 104 Å². The molecule has 0 unspecified atom stereocenters. The van der Waals surface area contributed by atoms with Crippen LogP contribution in [0.2, 0.25) is 0 Å². The van der Waals surface area contributed by atoms with Crippen LogP contribution in [0.3, 0.4) is 0 Å². The van der Waals surface area contributed by atoms with E-state index in [-0.39, 0.29) is 0 Å². The Hall–Kier alpha value is -0.930. The fraction of sp³-hybridized carbons (Fsp3) is 0.643. The van der Waals surface area contributed by atoms with Crippen molar-refractivity contribution in [2.45, 2.75) is 38.8 Å². The van der Waals surface area contributed by atoms with E-state index < -0.39 is 0 Å². The van der Waals surface area contributed by atoms with Gasteiger partial charge in [0, 0.05) is 25.0 Å². The first kappa shape index (κ1) is 12.5. The molecule has 1 aromatic rings. The van der Waals surface area contributed by atoms with Crippen molar-refractivity contribution in [3.05, 3.63) is 30.1 Å². The smallest absolute Gasteiger partial charge is 0.0312 e. The molecule has 2 heterocycles. The summed E-state index contributed by atoms with van der Waals surface area (Å²) in [5.74, 6) is 0. The minimum Gasteiger partial charge on any atom is -0.314 e. The number of hydrogen-bond acceptors (Lipinski definition) is 3. The van der Waals surface area contributed by atoms with Gasteiger partial charge in [-0.1, -0.05) is 13.0 Å². The molecular formula is C14H23N3. The highest BCUT2D eigenvalue weighted by Crippen LogP contribution is 2.13. The largest absolute Gasteiger partial charge is 0.314 e. The molecule has 94 valence electrons. The normalized spacial score (nSPS) is 18.4. The molecule has 1 N–H and O–H groups in total. The van der Waals surface area contributed by atoms with E-state index >= 15 is 0 Å². The summed E-state index contributed by atoms with van der Waals surface area (Å²) in [6.45, 7) is 6.85. The molecule has 1 saturated heterocycles. The fourth-order valence-electron chi connectivity index (χ4n) is 2.39. The van der Waals surface area contributed by atoms with Crippen molar-refractivity contribution in [1.29, 1.82) is 0 Å². The number of likely N-dealkylation sites (tertiary alicyclic amines) is 1. The van der Waals surface area contributed by atoms with Crippen molar-refractivity contribution in [3.8, 4) is 0 Å². The molecule has 0 atom stereocenters.